The molecule has 0 aromatic carbocycles. The zero-order valence-electron chi connectivity index (χ0n) is 5.50. The van der Waals surface area contributed by atoms with E-state index in [1.54, 1.807) is 6.08 Å². The summed E-state index contributed by atoms with van der Waals surface area (Å²) in [5.74, 6) is 0. The van der Waals surface area contributed by atoms with Gasteiger partial charge in [-0.1, -0.05) is 25.2 Å². The fourth-order valence-electron chi connectivity index (χ4n) is 0.324. The molecule has 0 radical (unpaired) electrons. The Balaban J connectivity index is 0. The van der Waals surface area contributed by atoms with Gasteiger partial charge < -0.3 is 5.48 Å². The smallest absolute Gasteiger partial charge is 0.142 e. The molecule has 2 heteroatoms. The van der Waals surface area contributed by atoms with E-state index in [2.05, 4.69) is 0 Å². The van der Waals surface area contributed by atoms with Crippen LogP contribution in [0.1, 0.15) is 13.3 Å². The van der Waals surface area contributed by atoms with E-state index in [1.165, 1.54) is 6.08 Å². The fourth-order valence-corrected chi connectivity index (χ4v) is 0.324. The molecule has 0 atom stereocenters. The van der Waals surface area contributed by atoms with E-state index in [0.29, 0.717) is 0 Å². The van der Waals surface area contributed by atoms with Gasteiger partial charge in [-0.05, 0) is 12.5 Å². The second-order valence-corrected chi connectivity index (χ2v) is 1.36. The van der Waals surface area contributed by atoms with Gasteiger partial charge in [0.15, 0.2) is 0 Å². The maximum Gasteiger partial charge on any atom is 0.142 e. The molecule has 9 heavy (non-hydrogen) atoms. The van der Waals surface area contributed by atoms with Crippen molar-refractivity contribution >= 4 is 6.29 Å². The van der Waals surface area contributed by atoms with E-state index in [4.69, 9.17) is 0 Å². The van der Waals surface area contributed by atoms with Crippen LogP contribution in [0.25, 0.3) is 0 Å². The third kappa shape index (κ3) is 11.0. The molecule has 0 heterocycles. The molecule has 0 saturated heterocycles. The highest BCUT2D eigenvalue weighted by atomic mass is 16.1. The van der Waals surface area contributed by atoms with Crippen LogP contribution in [0.15, 0.2) is 24.3 Å². The van der Waals surface area contributed by atoms with Gasteiger partial charge in [-0.2, -0.15) is 0 Å². The van der Waals surface area contributed by atoms with Crippen molar-refractivity contribution in [2.24, 2.45) is 0 Å². The SMILES string of the molecule is CC/C=C/C=C/C=O.O. The second-order valence-electron chi connectivity index (χ2n) is 1.36. The monoisotopic (exact) mass is 128 g/mol. The number of hydrogen-bond donors (Lipinski definition) is 0. The van der Waals surface area contributed by atoms with E-state index in [1.807, 2.05) is 19.1 Å². The Morgan fingerprint density at radius 2 is 1.89 bits per heavy atom. The number of carbonyl (C=O) groups excluding carboxylic acids is 1. The van der Waals surface area contributed by atoms with Gasteiger partial charge in [0.1, 0.15) is 6.29 Å². The van der Waals surface area contributed by atoms with Gasteiger partial charge in [0.25, 0.3) is 0 Å². The molecule has 0 aliphatic rings. The van der Waals surface area contributed by atoms with Crippen LogP contribution in [0.5, 0.6) is 0 Å². The largest absolute Gasteiger partial charge is 0.412 e. The Morgan fingerprint density at radius 3 is 2.33 bits per heavy atom. The average Bonchev–Trinajstić information content (AvgIpc) is 1.81. The van der Waals surface area contributed by atoms with Crippen molar-refractivity contribution in [3.8, 4) is 0 Å². The molecule has 0 aliphatic carbocycles. The number of rotatable bonds is 3. The van der Waals surface area contributed by atoms with Crippen LogP contribution in [-0.4, -0.2) is 11.8 Å². The minimum absolute atomic E-state index is 0. The Labute approximate surface area is 55.2 Å². The molecule has 0 unspecified atom stereocenters. The van der Waals surface area contributed by atoms with Crippen molar-refractivity contribution in [1.82, 2.24) is 0 Å². The van der Waals surface area contributed by atoms with Gasteiger partial charge in [-0.25, -0.2) is 0 Å². The summed E-state index contributed by atoms with van der Waals surface area (Å²) in [6, 6.07) is 0. The molecule has 0 spiro atoms. The van der Waals surface area contributed by atoms with E-state index in [0.717, 1.165) is 12.7 Å². The highest BCUT2D eigenvalue weighted by Crippen LogP contribution is 1.79. The van der Waals surface area contributed by atoms with Crippen LogP contribution in [0.3, 0.4) is 0 Å². The first-order chi connectivity index (χ1) is 3.91. The summed E-state index contributed by atoms with van der Waals surface area (Å²) in [4.78, 5) is 9.65. The van der Waals surface area contributed by atoms with Crippen molar-refractivity contribution in [2.75, 3.05) is 0 Å². The number of allylic oxidation sites excluding steroid dienone is 4. The van der Waals surface area contributed by atoms with Crippen LogP contribution in [-0.2, 0) is 4.79 Å². The second kappa shape index (κ2) is 10.2. The highest BCUT2D eigenvalue weighted by Gasteiger charge is 1.61. The molecular formula is C7H12O2. The van der Waals surface area contributed by atoms with E-state index in [-0.39, 0.29) is 5.48 Å². The molecule has 0 bridgehead atoms. The van der Waals surface area contributed by atoms with E-state index < -0.39 is 0 Å². The van der Waals surface area contributed by atoms with Crippen LogP contribution in [0.2, 0.25) is 0 Å². The fraction of sp³-hybridized carbons (Fsp3) is 0.286. The minimum atomic E-state index is 0. The predicted octanol–water partition coefficient (Wildman–Crippen LogP) is 0.883. The van der Waals surface area contributed by atoms with Crippen molar-refractivity contribution in [3.05, 3.63) is 24.3 Å². The van der Waals surface area contributed by atoms with Crippen LogP contribution < -0.4 is 0 Å². The summed E-state index contributed by atoms with van der Waals surface area (Å²) in [6.07, 6.45) is 8.81. The molecule has 0 aromatic rings. The van der Waals surface area contributed by atoms with Crippen LogP contribution >= 0.6 is 0 Å². The van der Waals surface area contributed by atoms with E-state index in [9.17, 15) is 4.79 Å². The normalized spacial score (nSPS) is 9.89. The number of aldehydes is 1. The molecule has 0 fully saturated rings. The molecule has 0 aliphatic heterocycles. The zero-order valence-corrected chi connectivity index (χ0v) is 5.50. The van der Waals surface area contributed by atoms with Gasteiger partial charge in [-0.3, -0.25) is 4.79 Å². The van der Waals surface area contributed by atoms with Crippen LogP contribution in [0, 0.1) is 0 Å². The zero-order chi connectivity index (χ0) is 6.24. The quantitative estimate of drug-likeness (QED) is 0.316. The lowest BCUT2D eigenvalue weighted by atomic mass is 10.4. The summed E-state index contributed by atoms with van der Waals surface area (Å²) < 4.78 is 0. The lowest BCUT2D eigenvalue weighted by Crippen LogP contribution is -1.56. The maximum absolute atomic E-state index is 9.65. The lowest BCUT2D eigenvalue weighted by molar-refractivity contribution is -0.104. The summed E-state index contributed by atoms with van der Waals surface area (Å²) >= 11 is 0. The molecule has 2 nitrogen and oxygen atoms in total. The first-order valence-electron chi connectivity index (χ1n) is 2.68. The van der Waals surface area contributed by atoms with Crippen molar-refractivity contribution in [2.45, 2.75) is 13.3 Å². The van der Waals surface area contributed by atoms with Crippen molar-refractivity contribution in [1.29, 1.82) is 0 Å². The van der Waals surface area contributed by atoms with Gasteiger partial charge >= 0.3 is 0 Å². The topological polar surface area (TPSA) is 48.6 Å². The number of carbonyl (C=O) groups is 1. The first kappa shape index (κ1) is 11.0. The molecular weight excluding hydrogens is 116 g/mol. The molecule has 2 N–H and O–H groups in total. The Bertz CT molecular complexity index is 103. The Morgan fingerprint density at radius 1 is 1.22 bits per heavy atom. The van der Waals surface area contributed by atoms with Gasteiger partial charge in [0.2, 0.25) is 0 Å². The van der Waals surface area contributed by atoms with Crippen molar-refractivity contribution in [3.63, 3.8) is 0 Å². The van der Waals surface area contributed by atoms with E-state index >= 15 is 0 Å². The molecule has 0 amide bonds. The summed E-state index contributed by atoms with van der Waals surface area (Å²) in [6.45, 7) is 2.05. The number of hydrogen-bond acceptors (Lipinski definition) is 1. The molecule has 52 valence electrons. The van der Waals surface area contributed by atoms with Gasteiger partial charge in [0.05, 0.1) is 0 Å². The van der Waals surface area contributed by atoms with Crippen molar-refractivity contribution < 1.29 is 10.3 Å². The highest BCUT2D eigenvalue weighted by molar-refractivity contribution is 5.65. The van der Waals surface area contributed by atoms with Gasteiger partial charge in [-0.15, -0.1) is 0 Å². The maximum atomic E-state index is 9.65. The summed E-state index contributed by atoms with van der Waals surface area (Å²) in [5, 5.41) is 0. The van der Waals surface area contributed by atoms with Gasteiger partial charge in [0, 0.05) is 0 Å². The van der Waals surface area contributed by atoms with Crippen LogP contribution in [0.4, 0.5) is 0 Å². The lowest BCUT2D eigenvalue weighted by Gasteiger charge is -1.70. The Hall–Kier alpha value is -0.890. The first-order valence-corrected chi connectivity index (χ1v) is 2.68. The third-order valence-corrected chi connectivity index (χ3v) is 0.673. The predicted molar refractivity (Wildman–Crippen MR) is 38.2 cm³/mol. The molecule has 0 aromatic heterocycles. The standard InChI is InChI=1S/C7H10O.H2O/c1-2-3-4-5-6-7-8;/h3-7H,2H2,1H3;1H2/b4-3+,6-5+;. The average molecular weight is 128 g/mol. The minimum Gasteiger partial charge on any atom is -0.412 e. The molecule has 0 rings (SSSR count). The Kier molecular flexibility index (Phi) is 12.4. The summed E-state index contributed by atoms with van der Waals surface area (Å²) in [7, 11) is 0. The molecule has 0 saturated carbocycles. The summed E-state index contributed by atoms with van der Waals surface area (Å²) in [5.41, 5.74) is 0. The third-order valence-electron chi connectivity index (χ3n) is 0.673.